The molecule has 2 N–H and O–H groups in total. The number of ether oxygens (including phenoxy) is 1. The first-order chi connectivity index (χ1) is 8.43. The number of hydrogen-bond donors (Lipinski definition) is 2. The summed E-state index contributed by atoms with van der Waals surface area (Å²) in [6, 6.07) is 1.43. The Morgan fingerprint density at radius 2 is 2.11 bits per heavy atom. The fourth-order valence-corrected chi connectivity index (χ4v) is 2.26. The standard InChI is InChI=1S/C12H18N2O3S/c1-5-17-11(15)9-6-8(4)18-10(9)14-12(16)13-7(2)3/h6-7H,5H2,1-4H3,(H2,13,14,16). The van der Waals surface area contributed by atoms with Crippen molar-refractivity contribution in [2.75, 3.05) is 11.9 Å². The van der Waals surface area contributed by atoms with E-state index in [1.54, 1.807) is 13.0 Å². The molecule has 0 aliphatic heterocycles. The van der Waals surface area contributed by atoms with Crippen LogP contribution in [0.2, 0.25) is 0 Å². The Morgan fingerprint density at radius 1 is 1.44 bits per heavy atom. The lowest BCUT2D eigenvalue weighted by Gasteiger charge is -2.10. The van der Waals surface area contributed by atoms with Crippen molar-refractivity contribution in [2.24, 2.45) is 0 Å². The predicted molar refractivity (Wildman–Crippen MR) is 72.3 cm³/mol. The zero-order valence-electron chi connectivity index (χ0n) is 11.0. The molecule has 0 aliphatic carbocycles. The van der Waals surface area contributed by atoms with Crippen LogP contribution in [0.25, 0.3) is 0 Å². The summed E-state index contributed by atoms with van der Waals surface area (Å²) in [5, 5.41) is 5.89. The molecule has 0 saturated carbocycles. The molecular weight excluding hydrogens is 252 g/mol. The van der Waals surface area contributed by atoms with Gasteiger partial charge in [0.25, 0.3) is 0 Å². The third kappa shape index (κ3) is 4.03. The molecular formula is C12H18N2O3S. The van der Waals surface area contributed by atoms with Crippen LogP contribution in [0.4, 0.5) is 9.80 Å². The number of hydrogen-bond acceptors (Lipinski definition) is 4. The van der Waals surface area contributed by atoms with Crippen molar-refractivity contribution in [1.29, 1.82) is 0 Å². The first-order valence-corrected chi connectivity index (χ1v) is 6.60. The van der Waals surface area contributed by atoms with Crippen LogP contribution in [0.1, 0.15) is 36.0 Å². The molecule has 1 heterocycles. The molecule has 2 amide bonds. The molecule has 100 valence electrons. The van der Waals surface area contributed by atoms with Gasteiger partial charge in [-0.3, -0.25) is 5.32 Å². The van der Waals surface area contributed by atoms with E-state index in [0.29, 0.717) is 17.2 Å². The van der Waals surface area contributed by atoms with Gasteiger partial charge in [-0.2, -0.15) is 0 Å². The minimum atomic E-state index is -0.415. The second kappa shape index (κ2) is 6.39. The third-order valence-corrected chi connectivity index (χ3v) is 2.96. The van der Waals surface area contributed by atoms with Gasteiger partial charge < -0.3 is 10.1 Å². The molecule has 5 nitrogen and oxygen atoms in total. The van der Waals surface area contributed by atoms with Gasteiger partial charge in [-0.1, -0.05) is 0 Å². The van der Waals surface area contributed by atoms with Crippen molar-refractivity contribution in [2.45, 2.75) is 33.7 Å². The first-order valence-electron chi connectivity index (χ1n) is 5.79. The number of nitrogens with one attached hydrogen (secondary N) is 2. The highest BCUT2D eigenvalue weighted by atomic mass is 32.1. The van der Waals surface area contributed by atoms with E-state index in [-0.39, 0.29) is 12.1 Å². The quantitative estimate of drug-likeness (QED) is 0.827. The molecule has 0 aromatic carbocycles. The monoisotopic (exact) mass is 270 g/mol. The smallest absolute Gasteiger partial charge is 0.341 e. The molecule has 0 radical (unpaired) electrons. The fraction of sp³-hybridized carbons (Fsp3) is 0.500. The van der Waals surface area contributed by atoms with E-state index in [9.17, 15) is 9.59 Å². The van der Waals surface area contributed by atoms with Gasteiger partial charge in [0.15, 0.2) is 0 Å². The summed E-state index contributed by atoms with van der Waals surface area (Å²) in [5.41, 5.74) is 0.401. The maximum Gasteiger partial charge on any atom is 0.341 e. The number of thiophene rings is 1. The van der Waals surface area contributed by atoms with Gasteiger partial charge in [-0.25, -0.2) is 9.59 Å². The first kappa shape index (κ1) is 14.5. The van der Waals surface area contributed by atoms with Crippen molar-refractivity contribution in [3.8, 4) is 0 Å². The maximum absolute atomic E-state index is 11.7. The van der Waals surface area contributed by atoms with Crippen LogP contribution in [0, 0.1) is 6.92 Å². The van der Waals surface area contributed by atoms with Crippen molar-refractivity contribution in [3.63, 3.8) is 0 Å². The van der Waals surface area contributed by atoms with Gasteiger partial charge >= 0.3 is 12.0 Å². The Bertz CT molecular complexity index is 441. The predicted octanol–water partition coefficient (Wildman–Crippen LogP) is 2.76. The van der Waals surface area contributed by atoms with Gasteiger partial charge in [-0.15, -0.1) is 11.3 Å². The van der Waals surface area contributed by atoms with Crippen molar-refractivity contribution < 1.29 is 14.3 Å². The lowest BCUT2D eigenvalue weighted by molar-refractivity contribution is 0.0528. The van der Waals surface area contributed by atoms with Crippen LogP contribution < -0.4 is 10.6 Å². The second-order valence-corrected chi connectivity index (χ2v) is 5.33. The van der Waals surface area contributed by atoms with Gasteiger partial charge in [0.05, 0.1) is 12.2 Å². The van der Waals surface area contributed by atoms with Crippen LogP contribution in [0.3, 0.4) is 0 Å². The number of rotatable bonds is 4. The molecule has 18 heavy (non-hydrogen) atoms. The number of anilines is 1. The highest BCUT2D eigenvalue weighted by molar-refractivity contribution is 7.16. The van der Waals surface area contributed by atoms with Crippen molar-refractivity contribution in [3.05, 3.63) is 16.5 Å². The van der Waals surface area contributed by atoms with E-state index < -0.39 is 5.97 Å². The number of esters is 1. The molecule has 1 aromatic heterocycles. The number of carbonyl (C=O) groups excluding carboxylic acids is 2. The summed E-state index contributed by atoms with van der Waals surface area (Å²) < 4.78 is 4.94. The van der Waals surface area contributed by atoms with Crippen LogP contribution in [0.5, 0.6) is 0 Å². The SMILES string of the molecule is CCOC(=O)c1cc(C)sc1NC(=O)NC(C)C. The van der Waals surface area contributed by atoms with Gasteiger partial charge in [0, 0.05) is 10.9 Å². The molecule has 1 aromatic rings. The summed E-state index contributed by atoms with van der Waals surface area (Å²) in [7, 11) is 0. The summed E-state index contributed by atoms with van der Waals surface area (Å²) >= 11 is 1.35. The van der Waals surface area contributed by atoms with Crippen LogP contribution in [-0.4, -0.2) is 24.6 Å². The van der Waals surface area contributed by atoms with Crippen molar-refractivity contribution in [1.82, 2.24) is 5.32 Å². The van der Waals surface area contributed by atoms with E-state index in [4.69, 9.17) is 4.74 Å². The van der Waals surface area contributed by atoms with Gasteiger partial charge in [0.2, 0.25) is 0 Å². The highest BCUT2D eigenvalue weighted by Gasteiger charge is 2.17. The second-order valence-electron chi connectivity index (χ2n) is 4.07. The molecule has 0 atom stereocenters. The average Bonchev–Trinajstić information content (AvgIpc) is 2.58. The Morgan fingerprint density at radius 3 is 2.67 bits per heavy atom. The topological polar surface area (TPSA) is 67.4 Å². The largest absolute Gasteiger partial charge is 0.462 e. The Hall–Kier alpha value is -1.56. The van der Waals surface area contributed by atoms with Crippen molar-refractivity contribution >= 4 is 28.3 Å². The van der Waals surface area contributed by atoms with Crippen LogP contribution >= 0.6 is 11.3 Å². The summed E-state index contributed by atoms with van der Waals surface area (Å²) in [4.78, 5) is 24.2. The number of amides is 2. The molecule has 1 rings (SSSR count). The lowest BCUT2D eigenvalue weighted by atomic mass is 10.3. The summed E-state index contributed by atoms with van der Waals surface area (Å²) in [5.74, 6) is -0.415. The van der Waals surface area contributed by atoms with E-state index in [2.05, 4.69) is 10.6 Å². The van der Waals surface area contributed by atoms with Gasteiger partial charge in [-0.05, 0) is 33.8 Å². The highest BCUT2D eigenvalue weighted by Crippen LogP contribution is 2.28. The average molecular weight is 270 g/mol. The molecule has 0 fully saturated rings. The molecule has 0 saturated heterocycles. The minimum Gasteiger partial charge on any atom is -0.462 e. The zero-order chi connectivity index (χ0) is 13.7. The Labute approximate surface area is 111 Å². The van der Waals surface area contributed by atoms with Crippen LogP contribution in [-0.2, 0) is 4.74 Å². The zero-order valence-corrected chi connectivity index (χ0v) is 11.8. The molecule has 0 unspecified atom stereocenters. The molecule has 0 aliphatic rings. The van der Waals surface area contributed by atoms with E-state index in [1.165, 1.54) is 11.3 Å². The maximum atomic E-state index is 11.7. The Balaban J connectivity index is 2.82. The Kier molecular flexibility index (Phi) is 5.15. The number of aryl methyl sites for hydroxylation is 1. The third-order valence-electron chi connectivity index (χ3n) is 2.00. The molecule has 0 spiro atoms. The number of carbonyl (C=O) groups is 2. The summed E-state index contributed by atoms with van der Waals surface area (Å²) in [6.45, 7) is 7.66. The molecule has 6 heteroatoms. The summed E-state index contributed by atoms with van der Waals surface area (Å²) in [6.07, 6.45) is 0. The number of urea groups is 1. The van der Waals surface area contributed by atoms with E-state index in [1.807, 2.05) is 20.8 Å². The fourth-order valence-electron chi connectivity index (χ4n) is 1.37. The van der Waals surface area contributed by atoms with E-state index in [0.717, 1.165) is 4.88 Å². The van der Waals surface area contributed by atoms with Gasteiger partial charge in [0.1, 0.15) is 5.00 Å². The normalized spacial score (nSPS) is 10.3. The lowest BCUT2D eigenvalue weighted by Crippen LogP contribution is -2.34. The molecule has 0 bridgehead atoms. The van der Waals surface area contributed by atoms with E-state index >= 15 is 0 Å². The minimum absolute atomic E-state index is 0.0390. The van der Waals surface area contributed by atoms with Crippen LogP contribution in [0.15, 0.2) is 6.07 Å².